The van der Waals surface area contributed by atoms with Crippen molar-refractivity contribution in [2.75, 3.05) is 0 Å². The maximum Gasteiger partial charge on any atom is 0.0624 e. The van der Waals surface area contributed by atoms with E-state index < -0.39 is 0 Å². The van der Waals surface area contributed by atoms with Crippen LogP contribution in [-0.2, 0) is 6.42 Å². The van der Waals surface area contributed by atoms with E-state index in [-0.39, 0.29) is 6.04 Å². The predicted molar refractivity (Wildman–Crippen MR) is 87.0 cm³/mol. The van der Waals surface area contributed by atoms with Crippen LogP contribution in [0.15, 0.2) is 18.2 Å². The summed E-state index contributed by atoms with van der Waals surface area (Å²) in [5, 5.41) is 1.27. The SMILES string of the molecule is CC1(C)CCC(C(Cc2cccc(Cl)c2Cl)NN)CC1. The van der Waals surface area contributed by atoms with Gasteiger partial charge in [0, 0.05) is 6.04 Å². The van der Waals surface area contributed by atoms with Crippen molar-refractivity contribution in [1.82, 2.24) is 5.43 Å². The van der Waals surface area contributed by atoms with Crippen molar-refractivity contribution < 1.29 is 0 Å². The third kappa shape index (κ3) is 3.88. The minimum absolute atomic E-state index is 0.266. The average molecular weight is 315 g/mol. The first-order chi connectivity index (χ1) is 9.43. The first-order valence-corrected chi connectivity index (χ1v) is 8.07. The molecule has 1 aliphatic carbocycles. The van der Waals surface area contributed by atoms with Crippen LogP contribution in [-0.4, -0.2) is 6.04 Å². The summed E-state index contributed by atoms with van der Waals surface area (Å²) in [6.45, 7) is 4.70. The van der Waals surface area contributed by atoms with E-state index in [1.165, 1.54) is 25.7 Å². The van der Waals surface area contributed by atoms with E-state index in [4.69, 9.17) is 29.0 Å². The van der Waals surface area contributed by atoms with Crippen LogP contribution in [0.3, 0.4) is 0 Å². The molecule has 0 radical (unpaired) electrons. The highest BCUT2D eigenvalue weighted by atomic mass is 35.5. The van der Waals surface area contributed by atoms with E-state index in [0.717, 1.165) is 12.0 Å². The van der Waals surface area contributed by atoms with Crippen molar-refractivity contribution in [2.45, 2.75) is 52.0 Å². The van der Waals surface area contributed by atoms with Crippen LogP contribution >= 0.6 is 23.2 Å². The average Bonchev–Trinajstić information content (AvgIpc) is 2.41. The number of benzene rings is 1. The zero-order chi connectivity index (χ0) is 14.8. The van der Waals surface area contributed by atoms with Crippen molar-refractivity contribution >= 4 is 23.2 Å². The third-order valence-electron chi connectivity index (χ3n) is 4.64. The van der Waals surface area contributed by atoms with Gasteiger partial charge in [0.15, 0.2) is 0 Å². The van der Waals surface area contributed by atoms with Gasteiger partial charge in [-0.05, 0) is 55.1 Å². The van der Waals surface area contributed by atoms with Crippen molar-refractivity contribution in [2.24, 2.45) is 17.2 Å². The van der Waals surface area contributed by atoms with Crippen LogP contribution < -0.4 is 11.3 Å². The highest BCUT2D eigenvalue weighted by Crippen LogP contribution is 2.40. The summed E-state index contributed by atoms with van der Waals surface area (Å²) in [6.07, 6.45) is 5.80. The van der Waals surface area contributed by atoms with Gasteiger partial charge in [0.1, 0.15) is 0 Å². The van der Waals surface area contributed by atoms with E-state index >= 15 is 0 Å². The summed E-state index contributed by atoms with van der Waals surface area (Å²) in [7, 11) is 0. The third-order valence-corrected chi connectivity index (χ3v) is 5.50. The molecule has 0 amide bonds. The zero-order valence-electron chi connectivity index (χ0n) is 12.3. The molecule has 2 nitrogen and oxygen atoms in total. The molecule has 1 saturated carbocycles. The largest absolute Gasteiger partial charge is 0.271 e. The smallest absolute Gasteiger partial charge is 0.0624 e. The van der Waals surface area contributed by atoms with Crippen molar-refractivity contribution in [3.63, 3.8) is 0 Å². The molecule has 0 saturated heterocycles. The van der Waals surface area contributed by atoms with Crippen molar-refractivity contribution in [1.29, 1.82) is 0 Å². The second-order valence-corrected chi connectivity index (χ2v) is 7.48. The Labute approximate surface area is 132 Å². The lowest BCUT2D eigenvalue weighted by atomic mass is 9.70. The molecule has 0 aliphatic heterocycles. The fraction of sp³-hybridized carbons (Fsp3) is 0.625. The van der Waals surface area contributed by atoms with Crippen LogP contribution in [0.2, 0.25) is 10.0 Å². The monoisotopic (exact) mass is 314 g/mol. The predicted octanol–water partition coefficient (Wildman–Crippen LogP) is 4.58. The quantitative estimate of drug-likeness (QED) is 0.630. The molecule has 0 heterocycles. The highest BCUT2D eigenvalue weighted by molar-refractivity contribution is 6.42. The summed E-state index contributed by atoms with van der Waals surface area (Å²) in [5.41, 5.74) is 4.54. The molecule has 4 heteroatoms. The summed E-state index contributed by atoms with van der Waals surface area (Å²) in [5.74, 6) is 6.40. The molecule has 2 rings (SSSR count). The van der Waals surface area contributed by atoms with E-state index in [9.17, 15) is 0 Å². The van der Waals surface area contributed by atoms with Crippen LogP contribution in [0, 0.1) is 11.3 Å². The number of hydrogen-bond acceptors (Lipinski definition) is 2. The first-order valence-electron chi connectivity index (χ1n) is 7.32. The van der Waals surface area contributed by atoms with Gasteiger partial charge in [-0.3, -0.25) is 11.3 Å². The molecule has 0 spiro atoms. The topological polar surface area (TPSA) is 38.0 Å². The second kappa shape index (κ2) is 6.65. The number of halogens is 2. The van der Waals surface area contributed by atoms with Gasteiger partial charge in [-0.1, -0.05) is 49.2 Å². The maximum atomic E-state index is 6.28. The second-order valence-electron chi connectivity index (χ2n) is 6.69. The fourth-order valence-corrected chi connectivity index (χ4v) is 3.53. The standard InChI is InChI=1S/C16H24Cl2N2/c1-16(2)8-6-11(7-9-16)14(20-19)10-12-4-3-5-13(17)15(12)18/h3-5,11,14,20H,6-10,19H2,1-2H3. The van der Waals surface area contributed by atoms with E-state index in [1.807, 2.05) is 18.2 Å². The summed E-state index contributed by atoms with van der Waals surface area (Å²) >= 11 is 12.4. The van der Waals surface area contributed by atoms with Gasteiger partial charge >= 0.3 is 0 Å². The molecular weight excluding hydrogens is 291 g/mol. The lowest BCUT2D eigenvalue weighted by Gasteiger charge is -2.38. The highest BCUT2D eigenvalue weighted by Gasteiger charge is 2.31. The van der Waals surface area contributed by atoms with Gasteiger partial charge in [0.05, 0.1) is 10.0 Å². The van der Waals surface area contributed by atoms with Gasteiger partial charge in [0.25, 0.3) is 0 Å². The molecular formula is C16H24Cl2N2. The van der Waals surface area contributed by atoms with Gasteiger partial charge in [-0.2, -0.15) is 0 Å². The van der Waals surface area contributed by atoms with E-state index in [2.05, 4.69) is 19.3 Å². The van der Waals surface area contributed by atoms with Crippen molar-refractivity contribution in [3.05, 3.63) is 33.8 Å². The molecule has 1 unspecified atom stereocenters. The van der Waals surface area contributed by atoms with Gasteiger partial charge in [-0.15, -0.1) is 0 Å². The Morgan fingerprint density at radius 3 is 2.55 bits per heavy atom. The number of hydrogen-bond donors (Lipinski definition) is 2. The van der Waals surface area contributed by atoms with Crippen LogP contribution in [0.5, 0.6) is 0 Å². The van der Waals surface area contributed by atoms with E-state index in [0.29, 0.717) is 21.4 Å². The number of nitrogens with one attached hydrogen (secondary N) is 1. The Kier molecular flexibility index (Phi) is 5.36. The lowest BCUT2D eigenvalue weighted by molar-refractivity contribution is 0.161. The Bertz CT molecular complexity index is 450. The fourth-order valence-electron chi connectivity index (χ4n) is 3.13. The molecule has 3 N–H and O–H groups in total. The molecule has 0 bridgehead atoms. The summed E-state index contributed by atoms with van der Waals surface area (Å²) in [6, 6.07) is 6.07. The molecule has 1 aromatic carbocycles. The Morgan fingerprint density at radius 1 is 1.30 bits per heavy atom. The normalized spacial score (nSPS) is 20.9. The Hall–Kier alpha value is -0.280. The van der Waals surface area contributed by atoms with Gasteiger partial charge in [0.2, 0.25) is 0 Å². The summed E-state index contributed by atoms with van der Waals surface area (Å²) in [4.78, 5) is 0. The molecule has 1 aromatic rings. The first kappa shape index (κ1) is 16.1. The van der Waals surface area contributed by atoms with Gasteiger partial charge in [-0.25, -0.2) is 0 Å². The van der Waals surface area contributed by atoms with Crippen LogP contribution in [0.25, 0.3) is 0 Å². The molecule has 112 valence electrons. The number of hydrazine groups is 1. The molecule has 0 aromatic heterocycles. The molecule has 1 aliphatic rings. The maximum absolute atomic E-state index is 6.28. The number of rotatable bonds is 4. The van der Waals surface area contributed by atoms with Crippen LogP contribution in [0.1, 0.15) is 45.1 Å². The Balaban J connectivity index is 2.04. The Morgan fingerprint density at radius 2 is 1.95 bits per heavy atom. The lowest BCUT2D eigenvalue weighted by Crippen LogP contribution is -2.44. The van der Waals surface area contributed by atoms with Crippen LogP contribution in [0.4, 0.5) is 0 Å². The van der Waals surface area contributed by atoms with E-state index in [1.54, 1.807) is 0 Å². The zero-order valence-corrected chi connectivity index (χ0v) is 13.8. The molecule has 1 atom stereocenters. The van der Waals surface area contributed by atoms with Crippen molar-refractivity contribution in [3.8, 4) is 0 Å². The minimum Gasteiger partial charge on any atom is -0.271 e. The van der Waals surface area contributed by atoms with Gasteiger partial charge < -0.3 is 0 Å². The molecule has 20 heavy (non-hydrogen) atoms. The minimum atomic E-state index is 0.266. The number of nitrogens with two attached hydrogens (primary N) is 1. The summed E-state index contributed by atoms with van der Waals surface area (Å²) < 4.78 is 0. The molecule has 1 fully saturated rings.